The molecule has 1 aliphatic carbocycles. The Morgan fingerprint density at radius 3 is 2.19 bits per heavy atom. The average molecular weight is 718 g/mol. The molecule has 2 aliphatic heterocycles. The minimum Gasteiger partial charge on any atom is -0.396 e. The number of amides is 4. The molecule has 274 valence electrons. The number of halogens is 3. The van der Waals surface area contributed by atoms with Crippen LogP contribution in [0.1, 0.15) is 65.2 Å². The van der Waals surface area contributed by atoms with Gasteiger partial charge in [-0.3, -0.25) is 34.9 Å². The summed E-state index contributed by atoms with van der Waals surface area (Å²) in [6.45, 7) is 5.53. The van der Waals surface area contributed by atoms with Gasteiger partial charge in [-0.15, -0.1) is 0 Å². The Hall–Kier alpha value is -4.79. The molecule has 0 atom stereocenters. The number of urea groups is 1. The van der Waals surface area contributed by atoms with Crippen molar-refractivity contribution in [1.82, 2.24) is 24.7 Å². The van der Waals surface area contributed by atoms with Crippen LogP contribution in [0.15, 0.2) is 66.7 Å². The van der Waals surface area contributed by atoms with E-state index >= 15 is 0 Å². The minimum atomic E-state index is -4.57. The predicted octanol–water partition coefficient (Wildman–Crippen LogP) is 5.80. The van der Waals surface area contributed by atoms with E-state index in [0.717, 1.165) is 99.4 Å². The lowest BCUT2D eigenvalue weighted by atomic mass is 9.86. The van der Waals surface area contributed by atoms with Crippen molar-refractivity contribution in [3.8, 4) is 0 Å². The Morgan fingerprint density at radius 2 is 1.54 bits per heavy atom. The van der Waals surface area contributed by atoms with Crippen molar-refractivity contribution in [2.75, 3.05) is 49.5 Å². The first-order valence-corrected chi connectivity index (χ1v) is 17.8. The third-order valence-electron chi connectivity index (χ3n) is 10.5. The number of aliphatic hydroxyl groups excluding tert-OH is 1. The number of fused-ring (bicyclic) bond motifs is 1. The summed E-state index contributed by atoms with van der Waals surface area (Å²) < 4.78 is 42.1. The van der Waals surface area contributed by atoms with Crippen LogP contribution in [0.3, 0.4) is 0 Å². The molecule has 0 radical (unpaired) electrons. The van der Waals surface area contributed by atoms with Crippen molar-refractivity contribution < 1.29 is 32.7 Å². The summed E-state index contributed by atoms with van der Waals surface area (Å²) in [6.07, 6.45) is -1.04. The number of imide groups is 1. The number of carbonyl (C=O) groups excluding carboxylic acids is 3. The maximum atomic E-state index is 13.4. The van der Waals surface area contributed by atoms with Gasteiger partial charge in [-0.2, -0.15) is 13.2 Å². The molecular formula is C38H42F3N7O4. The summed E-state index contributed by atoms with van der Waals surface area (Å²) in [5, 5.41) is 14.9. The van der Waals surface area contributed by atoms with E-state index in [1.807, 2.05) is 41.0 Å². The Balaban J connectivity index is 1.01. The first-order chi connectivity index (χ1) is 25.0. The molecule has 1 aromatic heterocycles. The lowest BCUT2D eigenvalue weighted by molar-refractivity contribution is -0.137. The van der Waals surface area contributed by atoms with Crippen LogP contribution in [0, 0.1) is 5.92 Å². The summed E-state index contributed by atoms with van der Waals surface area (Å²) in [4.78, 5) is 48.1. The topological polar surface area (TPSA) is 123 Å². The number of aliphatic hydroxyl groups is 1. The van der Waals surface area contributed by atoms with Crippen molar-refractivity contribution in [3.05, 3.63) is 89.0 Å². The normalized spacial score (nSPS) is 20.7. The molecule has 2 saturated heterocycles. The molecule has 0 spiro atoms. The number of hydrogen-bond donors (Lipinski definition) is 3. The van der Waals surface area contributed by atoms with E-state index in [-0.39, 0.29) is 36.5 Å². The zero-order valence-electron chi connectivity index (χ0n) is 28.7. The molecule has 3 aliphatic rings. The van der Waals surface area contributed by atoms with Gasteiger partial charge in [0.1, 0.15) is 0 Å². The van der Waals surface area contributed by atoms with Gasteiger partial charge < -0.3 is 9.67 Å². The van der Waals surface area contributed by atoms with Crippen LogP contribution in [0.2, 0.25) is 0 Å². The molecule has 0 unspecified atom stereocenters. The Morgan fingerprint density at radius 1 is 0.865 bits per heavy atom. The highest BCUT2D eigenvalue weighted by Gasteiger charge is 2.32. The Kier molecular flexibility index (Phi) is 10.3. The van der Waals surface area contributed by atoms with E-state index in [0.29, 0.717) is 18.0 Å². The monoisotopic (exact) mass is 717 g/mol. The van der Waals surface area contributed by atoms with Gasteiger partial charge in [-0.05, 0) is 85.2 Å². The molecule has 0 bridgehead atoms. The van der Waals surface area contributed by atoms with Gasteiger partial charge in [0.05, 0.1) is 16.6 Å². The number of aromatic nitrogens is 2. The average Bonchev–Trinajstić information content (AvgIpc) is 3.49. The van der Waals surface area contributed by atoms with Gasteiger partial charge in [-0.1, -0.05) is 24.3 Å². The van der Waals surface area contributed by atoms with Crippen LogP contribution in [-0.2, 0) is 24.1 Å². The smallest absolute Gasteiger partial charge is 0.396 e. The summed E-state index contributed by atoms with van der Waals surface area (Å²) in [7, 11) is 0. The van der Waals surface area contributed by atoms with Gasteiger partial charge in [-0.25, -0.2) is 9.78 Å². The number of nitrogens with one attached hydrogen (secondary N) is 2. The molecule has 3 N–H and O–H groups in total. The second-order valence-electron chi connectivity index (χ2n) is 14.0. The number of benzene rings is 3. The molecule has 3 fully saturated rings. The van der Waals surface area contributed by atoms with Crippen molar-refractivity contribution in [3.63, 3.8) is 0 Å². The molecule has 4 amide bonds. The molecule has 14 heteroatoms. The lowest BCUT2D eigenvalue weighted by Crippen LogP contribution is -2.49. The van der Waals surface area contributed by atoms with Gasteiger partial charge in [0.2, 0.25) is 11.9 Å². The largest absolute Gasteiger partial charge is 0.416 e. The molecule has 3 aromatic carbocycles. The summed E-state index contributed by atoms with van der Waals surface area (Å²) >= 11 is 0. The van der Waals surface area contributed by atoms with Gasteiger partial charge >= 0.3 is 12.2 Å². The Bertz CT molecular complexity index is 1930. The van der Waals surface area contributed by atoms with Gasteiger partial charge in [0.15, 0.2) is 0 Å². The van der Waals surface area contributed by atoms with Crippen LogP contribution in [0.25, 0.3) is 11.0 Å². The van der Waals surface area contributed by atoms with Crippen molar-refractivity contribution in [2.24, 2.45) is 5.92 Å². The Labute approximate surface area is 299 Å². The zero-order chi connectivity index (χ0) is 36.4. The molecule has 3 heterocycles. The third kappa shape index (κ3) is 7.98. The van der Waals surface area contributed by atoms with Crippen molar-refractivity contribution >= 4 is 40.5 Å². The first kappa shape index (κ1) is 35.6. The standard InChI is InChI=1S/C38H42F3N7O4/c39-38(40,41)29-3-1-2-28(21-29)35(51)44-36-42-32-20-27(8-13-33(32)48(36)31-11-6-26(24-49)7-12-31)23-46-18-16-45(17-19-46)22-25-4-9-30(10-5-25)47-15-14-34(50)43-37(47)52/h1-5,8-10,13,20-21,26,31,49H,6-7,11-12,14-19,22-24H2,(H,42,44,51)(H,43,50,52). The van der Waals surface area contributed by atoms with E-state index in [9.17, 15) is 32.7 Å². The van der Waals surface area contributed by atoms with E-state index in [2.05, 4.69) is 26.5 Å². The van der Waals surface area contributed by atoms with E-state index in [1.165, 1.54) is 12.1 Å². The van der Waals surface area contributed by atoms with Gasteiger partial charge in [0.25, 0.3) is 5.91 Å². The maximum Gasteiger partial charge on any atom is 0.416 e. The summed E-state index contributed by atoms with van der Waals surface area (Å²) in [5.41, 5.74) is 3.55. The number of rotatable bonds is 9. The highest BCUT2D eigenvalue weighted by molar-refractivity contribution is 6.05. The zero-order valence-corrected chi connectivity index (χ0v) is 28.7. The van der Waals surface area contributed by atoms with Crippen LogP contribution >= 0.6 is 0 Å². The van der Waals surface area contributed by atoms with Crippen LogP contribution < -0.4 is 15.5 Å². The molecule has 52 heavy (non-hydrogen) atoms. The molecule has 4 aromatic rings. The second kappa shape index (κ2) is 15.1. The number of hydrogen-bond acceptors (Lipinski definition) is 7. The van der Waals surface area contributed by atoms with Crippen molar-refractivity contribution in [2.45, 2.75) is 57.4 Å². The minimum absolute atomic E-state index is 0.0229. The SMILES string of the molecule is O=C1CCN(c2ccc(CN3CCN(Cc4ccc5c(c4)nc(NC(=O)c4cccc(C(F)(F)F)c4)n5C4CCC(CO)CC4)CC3)cc2)C(=O)N1. The van der Waals surface area contributed by atoms with Crippen LogP contribution in [0.4, 0.5) is 29.6 Å². The van der Waals surface area contributed by atoms with Gasteiger partial charge in [0, 0.05) is 76.1 Å². The highest BCUT2D eigenvalue weighted by Crippen LogP contribution is 2.37. The second-order valence-corrected chi connectivity index (χ2v) is 14.0. The number of nitrogens with zero attached hydrogens (tertiary/aromatic N) is 5. The fourth-order valence-electron chi connectivity index (χ4n) is 7.51. The lowest BCUT2D eigenvalue weighted by Gasteiger charge is -2.35. The quantitative estimate of drug-likeness (QED) is 0.200. The number of piperazine rings is 1. The molecule has 11 nitrogen and oxygen atoms in total. The molecule has 1 saturated carbocycles. The van der Waals surface area contributed by atoms with E-state index in [1.54, 1.807) is 4.90 Å². The fourth-order valence-corrected chi connectivity index (χ4v) is 7.51. The van der Waals surface area contributed by atoms with Crippen molar-refractivity contribution in [1.29, 1.82) is 0 Å². The maximum absolute atomic E-state index is 13.4. The number of carbonyl (C=O) groups is 3. The highest BCUT2D eigenvalue weighted by atomic mass is 19.4. The van der Waals surface area contributed by atoms with Crippen LogP contribution in [-0.4, -0.2) is 81.6 Å². The molecule has 7 rings (SSSR count). The fraction of sp³-hybridized carbons (Fsp3) is 0.421. The van der Waals surface area contributed by atoms with E-state index < -0.39 is 23.7 Å². The van der Waals surface area contributed by atoms with E-state index in [4.69, 9.17) is 4.98 Å². The molecular weight excluding hydrogens is 675 g/mol. The first-order valence-electron chi connectivity index (χ1n) is 17.8. The summed E-state index contributed by atoms with van der Waals surface area (Å²) in [5.74, 6) is -0.383. The summed E-state index contributed by atoms with van der Waals surface area (Å²) in [6, 6.07) is 18.0. The number of imidazole rings is 1. The number of alkyl halides is 3. The predicted molar refractivity (Wildman–Crippen MR) is 190 cm³/mol. The third-order valence-corrected chi connectivity index (χ3v) is 10.5. The van der Waals surface area contributed by atoms with Crippen LogP contribution in [0.5, 0.6) is 0 Å². The number of anilines is 2.